The van der Waals surface area contributed by atoms with Gasteiger partial charge in [-0.25, -0.2) is 8.78 Å². The van der Waals surface area contributed by atoms with Gasteiger partial charge in [0.05, 0.1) is 11.3 Å². The molecule has 7 heteroatoms. The van der Waals surface area contributed by atoms with Crippen molar-refractivity contribution in [2.75, 3.05) is 10.6 Å². The second kappa shape index (κ2) is 8.61. The Kier molecular flexibility index (Phi) is 5.99. The Labute approximate surface area is 161 Å². The molecule has 144 valence electrons. The summed E-state index contributed by atoms with van der Waals surface area (Å²) >= 11 is 0. The molecular weight excluding hydrogens is 364 g/mol. The van der Waals surface area contributed by atoms with Gasteiger partial charge in [0.2, 0.25) is 11.8 Å². The van der Waals surface area contributed by atoms with Crippen LogP contribution in [0.25, 0.3) is 0 Å². The molecule has 2 N–H and O–H groups in total. The highest BCUT2D eigenvalue weighted by molar-refractivity contribution is 5.95. The summed E-state index contributed by atoms with van der Waals surface area (Å²) in [7, 11) is 0. The molecule has 0 heterocycles. The third kappa shape index (κ3) is 4.34. The van der Waals surface area contributed by atoms with Gasteiger partial charge in [-0.2, -0.15) is 5.26 Å². The predicted octanol–water partition coefficient (Wildman–Crippen LogP) is 4.22. The van der Waals surface area contributed by atoms with E-state index in [0.29, 0.717) is 36.9 Å². The van der Waals surface area contributed by atoms with Crippen molar-refractivity contribution in [3.05, 3.63) is 59.7 Å². The Balaban J connectivity index is 1.56. The number of carbonyl (C=O) groups is 2. The first kappa shape index (κ1) is 19.5. The van der Waals surface area contributed by atoms with Crippen LogP contribution in [-0.2, 0) is 9.59 Å². The van der Waals surface area contributed by atoms with Gasteiger partial charge in [0.15, 0.2) is 0 Å². The fourth-order valence-corrected chi connectivity index (χ4v) is 3.38. The van der Waals surface area contributed by atoms with Crippen LogP contribution in [0.5, 0.6) is 0 Å². The minimum Gasteiger partial charge on any atom is -0.325 e. The third-order valence-electron chi connectivity index (χ3n) is 4.99. The Morgan fingerprint density at radius 2 is 1.39 bits per heavy atom. The Morgan fingerprint density at radius 3 is 1.96 bits per heavy atom. The molecule has 1 aliphatic rings. The summed E-state index contributed by atoms with van der Waals surface area (Å²) in [6.45, 7) is 0. The van der Waals surface area contributed by atoms with E-state index in [1.807, 2.05) is 6.07 Å². The van der Waals surface area contributed by atoms with Crippen molar-refractivity contribution in [3.63, 3.8) is 0 Å². The van der Waals surface area contributed by atoms with Crippen LogP contribution in [0.3, 0.4) is 0 Å². The maximum atomic E-state index is 13.7. The third-order valence-corrected chi connectivity index (χ3v) is 4.99. The first-order valence-electron chi connectivity index (χ1n) is 9.04. The lowest BCUT2D eigenvalue weighted by atomic mass is 9.81. The normalized spacial score (nSPS) is 18.8. The Bertz CT molecular complexity index is 911. The molecule has 2 amide bonds. The number of halogens is 2. The van der Waals surface area contributed by atoms with E-state index in [9.17, 15) is 18.4 Å². The minimum atomic E-state index is -0.822. The average Bonchev–Trinajstić information content (AvgIpc) is 2.71. The van der Waals surface area contributed by atoms with Crippen LogP contribution in [0.4, 0.5) is 20.2 Å². The van der Waals surface area contributed by atoms with Crippen LogP contribution < -0.4 is 10.6 Å². The SMILES string of the molecule is N#Cc1ccccc1NC(=O)C1CCC(C(=O)Nc2c(F)cccc2F)CC1. The van der Waals surface area contributed by atoms with Gasteiger partial charge in [-0.15, -0.1) is 0 Å². The summed E-state index contributed by atoms with van der Waals surface area (Å²) < 4.78 is 27.4. The van der Waals surface area contributed by atoms with Gasteiger partial charge in [0.25, 0.3) is 0 Å². The number of hydrogen-bond acceptors (Lipinski definition) is 3. The molecule has 5 nitrogen and oxygen atoms in total. The largest absolute Gasteiger partial charge is 0.325 e. The molecule has 0 unspecified atom stereocenters. The van der Waals surface area contributed by atoms with E-state index in [-0.39, 0.29) is 11.8 Å². The number of nitrogens with zero attached hydrogens (tertiary/aromatic N) is 1. The van der Waals surface area contributed by atoms with Gasteiger partial charge < -0.3 is 10.6 Å². The second-order valence-corrected chi connectivity index (χ2v) is 6.78. The molecule has 1 fully saturated rings. The van der Waals surface area contributed by atoms with Gasteiger partial charge in [-0.3, -0.25) is 9.59 Å². The predicted molar refractivity (Wildman–Crippen MR) is 100 cm³/mol. The van der Waals surface area contributed by atoms with Crippen molar-refractivity contribution in [1.82, 2.24) is 0 Å². The van der Waals surface area contributed by atoms with Crippen molar-refractivity contribution in [3.8, 4) is 6.07 Å². The van der Waals surface area contributed by atoms with Gasteiger partial charge in [0.1, 0.15) is 23.4 Å². The molecule has 0 spiro atoms. The topological polar surface area (TPSA) is 82.0 Å². The van der Waals surface area contributed by atoms with Gasteiger partial charge in [-0.05, 0) is 49.9 Å². The number of amides is 2. The highest BCUT2D eigenvalue weighted by atomic mass is 19.1. The molecule has 0 bridgehead atoms. The molecule has 3 rings (SSSR count). The fraction of sp³-hybridized carbons (Fsp3) is 0.286. The van der Waals surface area contributed by atoms with Crippen molar-refractivity contribution in [1.29, 1.82) is 5.26 Å². The van der Waals surface area contributed by atoms with Crippen LogP contribution in [0.1, 0.15) is 31.2 Å². The highest BCUT2D eigenvalue weighted by Gasteiger charge is 2.30. The van der Waals surface area contributed by atoms with E-state index in [4.69, 9.17) is 5.26 Å². The van der Waals surface area contributed by atoms with E-state index >= 15 is 0 Å². The number of rotatable bonds is 4. The number of benzene rings is 2. The standard InChI is InChI=1S/C21H19F2N3O2/c22-16-5-3-6-17(23)19(16)26-21(28)14-10-8-13(9-11-14)20(27)25-18-7-2-1-4-15(18)12-24/h1-7,13-14H,8-11H2,(H,25,27)(H,26,28). The fourth-order valence-electron chi connectivity index (χ4n) is 3.38. The zero-order valence-electron chi connectivity index (χ0n) is 15.0. The summed E-state index contributed by atoms with van der Waals surface area (Å²) in [4.78, 5) is 24.8. The first-order chi connectivity index (χ1) is 13.5. The molecule has 0 saturated heterocycles. The molecule has 0 aliphatic heterocycles. The van der Waals surface area contributed by atoms with E-state index in [1.54, 1.807) is 24.3 Å². The maximum Gasteiger partial charge on any atom is 0.227 e. The summed E-state index contributed by atoms with van der Waals surface area (Å²) in [5.41, 5.74) is 0.404. The second-order valence-electron chi connectivity index (χ2n) is 6.78. The van der Waals surface area contributed by atoms with Gasteiger partial charge in [-0.1, -0.05) is 18.2 Å². The van der Waals surface area contributed by atoms with E-state index in [2.05, 4.69) is 10.6 Å². The lowest BCUT2D eigenvalue weighted by Gasteiger charge is -2.27. The number of nitriles is 1. The lowest BCUT2D eigenvalue weighted by molar-refractivity contribution is -0.125. The highest BCUT2D eigenvalue weighted by Crippen LogP contribution is 2.31. The quantitative estimate of drug-likeness (QED) is 0.829. The number of hydrogen-bond donors (Lipinski definition) is 2. The van der Waals surface area contributed by atoms with Crippen LogP contribution in [-0.4, -0.2) is 11.8 Å². The first-order valence-corrected chi connectivity index (χ1v) is 9.04. The van der Waals surface area contributed by atoms with Crippen molar-refractivity contribution in [2.24, 2.45) is 11.8 Å². The summed E-state index contributed by atoms with van der Waals surface area (Å²) in [5, 5.41) is 14.2. The summed E-state index contributed by atoms with van der Waals surface area (Å²) in [6.07, 6.45) is 1.86. The molecule has 2 aromatic rings. The molecule has 28 heavy (non-hydrogen) atoms. The smallest absolute Gasteiger partial charge is 0.227 e. The maximum absolute atomic E-state index is 13.7. The molecule has 0 aromatic heterocycles. The minimum absolute atomic E-state index is 0.193. The summed E-state index contributed by atoms with van der Waals surface area (Å²) in [6, 6.07) is 12.2. The number of nitrogens with one attached hydrogen (secondary N) is 2. The lowest BCUT2D eigenvalue weighted by Crippen LogP contribution is -2.32. The van der Waals surface area contributed by atoms with Crippen LogP contribution >= 0.6 is 0 Å². The molecule has 1 saturated carbocycles. The molecule has 2 aromatic carbocycles. The van der Waals surface area contributed by atoms with E-state index in [1.165, 1.54) is 6.07 Å². The van der Waals surface area contributed by atoms with E-state index in [0.717, 1.165) is 12.1 Å². The Morgan fingerprint density at radius 1 is 0.857 bits per heavy atom. The molecule has 0 atom stereocenters. The molecule has 1 aliphatic carbocycles. The van der Waals surface area contributed by atoms with Crippen LogP contribution in [0, 0.1) is 34.8 Å². The monoisotopic (exact) mass is 383 g/mol. The molecular formula is C21H19F2N3O2. The van der Waals surface area contributed by atoms with Crippen molar-refractivity contribution < 1.29 is 18.4 Å². The van der Waals surface area contributed by atoms with Crippen molar-refractivity contribution in [2.45, 2.75) is 25.7 Å². The summed E-state index contributed by atoms with van der Waals surface area (Å²) in [5.74, 6) is -2.97. The van der Waals surface area contributed by atoms with Gasteiger partial charge in [0, 0.05) is 11.8 Å². The van der Waals surface area contributed by atoms with E-state index < -0.39 is 29.1 Å². The zero-order chi connectivity index (χ0) is 20.1. The number of anilines is 2. The number of carbonyl (C=O) groups excluding carboxylic acids is 2. The van der Waals surface area contributed by atoms with Crippen molar-refractivity contribution >= 4 is 23.2 Å². The zero-order valence-corrected chi connectivity index (χ0v) is 15.0. The number of para-hydroxylation sites is 2. The Hall–Kier alpha value is -3.27. The average molecular weight is 383 g/mol. The molecule has 0 radical (unpaired) electrons. The van der Waals surface area contributed by atoms with Crippen LogP contribution in [0.15, 0.2) is 42.5 Å². The van der Waals surface area contributed by atoms with Crippen LogP contribution in [0.2, 0.25) is 0 Å². The van der Waals surface area contributed by atoms with Gasteiger partial charge >= 0.3 is 0 Å².